The zero-order valence-electron chi connectivity index (χ0n) is 9.69. The number of H-pyrrole nitrogens is 1. The van der Waals surface area contributed by atoms with Gasteiger partial charge in [0, 0.05) is 32.7 Å². The number of aryl methyl sites for hydroxylation is 1. The summed E-state index contributed by atoms with van der Waals surface area (Å²) in [5.74, 6) is -0.394. The Morgan fingerprint density at radius 3 is 2.78 bits per heavy atom. The van der Waals surface area contributed by atoms with Gasteiger partial charge in [-0.25, -0.2) is 4.85 Å². The van der Waals surface area contributed by atoms with Gasteiger partial charge in [-0.2, -0.15) is 29.8 Å². The maximum absolute atomic E-state index is 11.3. The molecule has 0 saturated heterocycles. The fourth-order valence-electron chi connectivity index (χ4n) is 1.67. The van der Waals surface area contributed by atoms with E-state index in [1.54, 1.807) is 18.2 Å². The first-order valence-corrected chi connectivity index (χ1v) is 4.94. The minimum Gasteiger partial charge on any atom is -0.503 e. The molecular formula is C13H9N2O2Y-. The van der Waals surface area contributed by atoms with Crippen LogP contribution in [0.3, 0.4) is 0 Å². The van der Waals surface area contributed by atoms with Gasteiger partial charge >= 0.3 is 0 Å². The van der Waals surface area contributed by atoms with E-state index in [-0.39, 0.29) is 38.4 Å². The van der Waals surface area contributed by atoms with Crippen LogP contribution in [0.2, 0.25) is 0 Å². The van der Waals surface area contributed by atoms with Crippen LogP contribution in [-0.4, -0.2) is 10.1 Å². The Morgan fingerprint density at radius 2 is 2.17 bits per heavy atom. The monoisotopic (exact) mass is 314 g/mol. The van der Waals surface area contributed by atoms with E-state index in [4.69, 9.17) is 6.57 Å². The SMILES string of the molecule is [C-]#[N+]c1c(-c2cc[c-]cc2C)cc(=O)[nH]c1O.[Y]. The van der Waals surface area contributed by atoms with Crippen molar-refractivity contribution < 1.29 is 37.8 Å². The molecule has 1 aromatic heterocycles. The van der Waals surface area contributed by atoms with E-state index in [1.165, 1.54) is 6.07 Å². The Balaban J connectivity index is 0.00000162. The molecule has 0 aliphatic rings. The van der Waals surface area contributed by atoms with Crippen LogP contribution < -0.4 is 5.56 Å². The fraction of sp³-hybridized carbons (Fsp3) is 0.0769. The predicted molar refractivity (Wildman–Crippen MR) is 64.0 cm³/mol. The van der Waals surface area contributed by atoms with Crippen LogP contribution in [0.1, 0.15) is 5.56 Å². The van der Waals surface area contributed by atoms with E-state index in [0.29, 0.717) is 5.56 Å². The average Bonchev–Trinajstić information content (AvgIpc) is 2.28. The van der Waals surface area contributed by atoms with Crippen molar-refractivity contribution in [2.24, 2.45) is 0 Å². The molecule has 1 heterocycles. The van der Waals surface area contributed by atoms with Crippen molar-refractivity contribution in [1.82, 2.24) is 4.98 Å². The number of aromatic amines is 1. The molecule has 1 aromatic carbocycles. The van der Waals surface area contributed by atoms with Gasteiger partial charge < -0.3 is 10.1 Å². The number of aromatic nitrogens is 1. The molecule has 0 bridgehead atoms. The van der Waals surface area contributed by atoms with Crippen LogP contribution in [0.5, 0.6) is 5.88 Å². The first-order chi connectivity index (χ1) is 8.13. The second kappa shape index (κ2) is 5.95. The summed E-state index contributed by atoms with van der Waals surface area (Å²) < 4.78 is 0. The van der Waals surface area contributed by atoms with Gasteiger partial charge in [-0.15, -0.1) is 5.56 Å². The summed E-state index contributed by atoms with van der Waals surface area (Å²) in [5, 5.41) is 9.55. The van der Waals surface area contributed by atoms with Crippen molar-refractivity contribution in [3.05, 3.63) is 57.7 Å². The number of nitrogens with one attached hydrogen (secondary N) is 1. The van der Waals surface area contributed by atoms with E-state index in [0.717, 1.165) is 11.1 Å². The van der Waals surface area contributed by atoms with Gasteiger partial charge in [0.15, 0.2) is 5.88 Å². The summed E-state index contributed by atoms with van der Waals surface area (Å²) in [7, 11) is 0. The van der Waals surface area contributed by atoms with Gasteiger partial charge in [0.25, 0.3) is 5.69 Å². The molecule has 0 aliphatic carbocycles. The van der Waals surface area contributed by atoms with Crippen LogP contribution in [0.25, 0.3) is 16.0 Å². The number of rotatable bonds is 1. The minimum absolute atomic E-state index is 0. The molecule has 0 saturated carbocycles. The maximum atomic E-state index is 11.3. The molecule has 0 amide bonds. The van der Waals surface area contributed by atoms with Crippen molar-refractivity contribution in [1.29, 1.82) is 0 Å². The Hall–Kier alpha value is -1.44. The van der Waals surface area contributed by atoms with E-state index in [2.05, 4.69) is 15.9 Å². The first-order valence-electron chi connectivity index (χ1n) is 4.94. The Bertz CT molecular complexity index is 671. The molecular weight excluding hydrogens is 305 g/mol. The van der Waals surface area contributed by atoms with Crippen molar-refractivity contribution in [3.63, 3.8) is 0 Å². The molecule has 4 nitrogen and oxygen atoms in total. The van der Waals surface area contributed by atoms with Gasteiger partial charge in [-0.3, -0.25) is 4.79 Å². The van der Waals surface area contributed by atoms with E-state index in [1.807, 2.05) is 6.92 Å². The second-order valence-corrected chi connectivity index (χ2v) is 3.60. The summed E-state index contributed by atoms with van der Waals surface area (Å²) >= 11 is 0. The van der Waals surface area contributed by atoms with Crippen molar-refractivity contribution in [2.75, 3.05) is 0 Å². The smallest absolute Gasteiger partial charge is 0.250 e. The molecule has 0 spiro atoms. The maximum Gasteiger partial charge on any atom is 0.250 e. The van der Waals surface area contributed by atoms with Crippen molar-refractivity contribution in [3.8, 4) is 17.0 Å². The standard InChI is InChI=1S/C13H9N2O2.Y/c1-8-5-3-4-6-9(8)10-7-11(16)15-13(17)12(10)14-2;/h4-7H,1H3,(H2,15,16,17);/q-1;. The van der Waals surface area contributed by atoms with Gasteiger partial charge in [0.2, 0.25) is 5.56 Å². The van der Waals surface area contributed by atoms with Crippen LogP contribution >= 0.6 is 0 Å². The van der Waals surface area contributed by atoms with E-state index >= 15 is 0 Å². The number of aromatic hydroxyl groups is 1. The normalized spacial score (nSPS) is 9.33. The van der Waals surface area contributed by atoms with Gasteiger partial charge in [-0.1, -0.05) is 6.92 Å². The van der Waals surface area contributed by atoms with Crippen LogP contribution in [0.4, 0.5) is 5.69 Å². The van der Waals surface area contributed by atoms with Crippen LogP contribution in [-0.2, 0) is 32.7 Å². The van der Waals surface area contributed by atoms with Gasteiger partial charge in [0.1, 0.15) is 0 Å². The Kier molecular flexibility index (Phi) is 4.83. The first kappa shape index (κ1) is 14.6. The molecule has 5 heteroatoms. The zero-order valence-corrected chi connectivity index (χ0v) is 12.5. The number of benzene rings is 1. The molecule has 18 heavy (non-hydrogen) atoms. The van der Waals surface area contributed by atoms with Crippen LogP contribution in [0.15, 0.2) is 29.1 Å². The van der Waals surface area contributed by atoms with Crippen molar-refractivity contribution >= 4 is 5.69 Å². The van der Waals surface area contributed by atoms with Gasteiger partial charge in [-0.05, 0) is 11.6 Å². The minimum atomic E-state index is -0.433. The molecule has 2 rings (SSSR count). The summed E-state index contributed by atoms with van der Waals surface area (Å²) in [6, 6.07) is 9.46. The fourth-order valence-corrected chi connectivity index (χ4v) is 1.67. The van der Waals surface area contributed by atoms with E-state index in [9.17, 15) is 9.90 Å². The molecule has 0 aliphatic heterocycles. The summed E-state index contributed by atoms with van der Waals surface area (Å²) in [6.45, 7) is 8.91. The summed E-state index contributed by atoms with van der Waals surface area (Å²) in [5.41, 5.74) is 1.70. The number of hydrogen-bond donors (Lipinski definition) is 2. The largest absolute Gasteiger partial charge is 0.503 e. The van der Waals surface area contributed by atoms with E-state index < -0.39 is 11.4 Å². The Morgan fingerprint density at radius 1 is 1.44 bits per heavy atom. The molecule has 2 N–H and O–H groups in total. The molecule has 0 atom stereocenters. The molecule has 0 unspecified atom stereocenters. The summed E-state index contributed by atoms with van der Waals surface area (Å²) in [6.07, 6.45) is 0. The van der Waals surface area contributed by atoms with Crippen LogP contribution in [0, 0.1) is 19.6 Å². The Labute approximate surface area is 129 Å². The number of hydrogen-bond acceptors (Lipinski definition) is 2. The summed E-state index contributed by atoms with van der Waals surface area (Å²) in [4.78, 5) is 16.8. The molecule has 1 radical (unpaired) electrons. The molecule has 87 valence electrons. The molecule has 0 fully saturated rings. The second-order valence-electron chi connectivity index (χ2n) is 3.60. The van der Waals surface area contributed by atoms with Gasteiger partial charge in [0.05, 0.1) is 6.57 Å². The number of pyridine rings is 1. The third-order valence-electron chi connectivity index (χ3n) is 2.47. The third kappa shape index (κ3) is 2.69. The number of nitrogens with zero attached hydrogens (tertiary/aromatic N) is 1. The third-order valence-corrected chi connectivity index (χ3v) is 2.47. The predicted octanol–water partition coefficient (Wildman–Crippen LogP) is 2.40. The average molecular weight is 314 g/mol. The molecule has 2 aromatic rings. The van der Waals surface area contributed by atoms with Crippen molar-refractivity contribution in [2.45, 2.75) is 6.92 Å². The topological polar surface area (TPSA) is 57.5 Å². The zero-order chi connectivity index (χ0) is 12.4. The quantitative estimate of drug-likeness (QED) is 0.794.